The van der Waals surface area contributed by atoms with Crippen LogP contribution in [0.15, 0.2) is 29.2 Å². The normalized spacial score (nSPS) is 27.9. The van der Waals surface area contributed by atoms with Gasteiger partial charge in [-0.2, -0.15) is 0 Å². The van der Waals surface area contributed by atoms with E-state index in [9.17, 15) is 9.59 Å². The van der Waals surface area contributed by atoms with Gasteiger partial charge in [-0.15, -0.1) is 11.8 Å². The van der Waals surface area contributed by atoms with E-state index in [0.29, 0.717) is 12.8 Å². The number of fused-ring (bicyclic) bond motifs is 1. The number of hydrogen-bond donors (Lipinski definition) is 2. The lowest BCUT2D eigenvalue weighted by atomic mass is 9.86. The van der Waals surface area contributed by atoms with Gasteiger partial charge in [-0.05, 0) is 37.3 Å². The van der Waals surface area contributed by atoms with Gasteiger partial charge in [-0.3, -0.25) is 9.59 Å². The standard InChI is InChI=1S/C16H19NO3S/c18-15(13-9-21-14-4-2-1-3-12(13)14)17-11-7-5-10(6-8-11)16(19)20/h1-4,10-11,13H,5-9H2,(H,17,18)(H,19,20). The van der Waals surface area contributed by atoms with E-state index >= 15 is 0 Å². The molecule has 1 fully saturated rings. The molecule has 1 atom stereocenters. The van der Waals surface area contributed by atoms with Gasteiger partial charge in [0.2, 0.25) is 5.91 Å². The fourth-order valence-electron chi connectivity index (χ4n) is 3.17. The second-order valence-corrected chi connectivity index (χ2v) is 6.86. The molecule has 0 spiro atoms. The molecule has 2 N–H and O–H groups in total. The quantitative estimate of drug-likeness (QED) is 0.901. The van der Waals surface area contributed by atoms with Crippen LogP contribution in [0.1, 0.15) is 37.2 Å². The van der Waals surface area contributed by atoms with Crippen molar-refractivity contribution in [3.8, 4) is 0 Å². The number of carbonyl (C=O) groups excluding carboxylic acids is 1. The topological polar surface area (TPSA) is 66.4 Å². The molecule has 0 radical (unpaired) electrons. The number of thioether (sulfide) groups is 1. The Morgan fingerprint density at radius 3 is 2.57 bits per heavy atom. The number of nitrogens with one attached hydrogen (secondary N) is 1. The Morgan fingerprint density at radius 1 is 1.14 bits per heavy atom. The molecule has 0 saturated heterocycles. The Morgan fingerprint density at radius 2 is 1.86 bits per heavy atom. The van der Waals surface area contributed by atoms with E-state index in [-0.39, 0.29) is 23.8 Å². The molecule has 3 rings (SSSR count). The van der Waals surface area contributed by atoms with Crippen molar-refractivity contribution >= 4 is 23.6 Å². The number of carboxylic acid groups (broad SMARTS) is 1. The first-order valence-electron chi connectivity index (χ1n) is 7.40. The number of aliphatic carboxylic acids is 1. The van der Waals surface area contributed by atoms with Gasteiger partial charge in [0, 0.05) is 16.7 Å². The first-order chi connectivity index (χ1) is 10.1. The summed E-state index contributed by atoms with van der Waals surface area (Å²) in [6.07, 6.45) is 2.86. The third kappa shape index (κ3) is 3.07. The first kappa shape index (κ1) is 14.4. The molecule has 112 valence electrons. The summed E-state index contributed by atoms with van der Waals surface area (Å²) >= 11 is 1.73. The van der Waals surface area contributed by atoms with E-state index in [2.05, 4.69) is 11.4 Å². The lowest BCUT2D eigenvalue weighted by Gasteiger charge is -2.27. The van der Waals surface area contributed by atoms with Gasteiger partial charge in [0.15, 0.2) is 0 Å². The average molecular weight is 305 g/mol. The largest absolute Gasteiger partial charge is 0.481 e. The van der Waals surface area contributed by atoms with E-state index in [0.717, 1.165) is 24.2 Å². The molecule has 1 aromatic rings. The molecule has 1 amide bonds. The zero-order chi connectivity index (χ0) is 14.8. The van der Waals surface area contributed by atoms with E-state index in [1.807, 2.05) is 18.2 Å². The molecule has 1 aliphatic heterocycles. The molecule has 4 nitrogen and oxygen atoms in total. The molecule has 1 aromatic carbocycles. The van der Waals surface area contributed by atoms with Crippen LogP contribution in [0, 0.1) is 5.92 Å². The summed E-state index contributed by atoms with van der Waals surface area (Å²) in [6, 6.07) is 8.19. The van der Waals surface area contributed by atoms with Gasteiger partial charge in [0.25, 0.3) is 0 Å². The van der Waals surface area contributed by atoms with Crippen molar-refractivity contribution < 1.29 is 14.7 Å². The van der Waals surface area contributed by atoms with Crippen molar-refractivity contribution in [1.29, 1.82) is 0 Å². The lowest BCUT2D eigenvalue weighted by Crippen LogP contribution is -2.41. The minimum atomic E-state index is -0.708. The number of rotatable bonds is 3. The Balaban J connectivity index is 1.57. The summed E-state index contributed by atoms with van der Waals surface area (Å²) in [5.74, 6) is -0.119. The Kier molecular flexibility index (Phi) is 4.19. The van der Waals surface area contributed by atoms with Crippen LogP contribution in [0.4, 0.5) is 0 Å². The van der Waals surface area contributed by atoms with Crippen LogP contribution in [-0.4, -0.2) is 28.8 Å². The van der Waals surface area contributed by atoms with Crippen LogP contribution in [0.25, 0.3) is 0 Å². The summed E-state index contributed by atoms with van der Waals surface area (Å²) in [5.41, 5.74) is 1.12. The molecule has 1 unspecified atom stereocenters. The molecular weight excluding hydrogens is 286 g/mol. The minimum Gasteiger partial charge on any atom is -0.481 e. The highest BCUT2D eigenvalue weighted by Crippen LogP contribution is 2.39. The van der Waals surface area contributed by atoms with Gasteiger partial charge < -0.3 is 10.4 Å². The fraction of sp³-hybridized carbons (Fsp3) is 0.500. The van der Waals surface area contributed by atoms with Crippen molar-refractivity contribution in [3.63, 3.8) is 0 Å². The van der Waals surface area contributed by atoms with Gasteiger partial charge in [0.05, 0.1) is 11.8 Å². The van der Waals surface area contributed by atoms with Gasteiger partial charge in [0.1, 0.15) is 0 Å². The van der Waals surface area contributed by atoms with Crippen molar-refractivity contribution in [2.75, 3.05) is 5.75 Å². The zero-order valence-corrected chi connectivity index (χ0v) is 12.6. The molecule has 0 bridgehead atoms. The fourth-order valence-corrected chi connectivity index (χ4v) is 4.40. The van der Waals surface area contributed by atoms with Gasteiger partial charge in [-0.25, -0.2) is 0 Å². The third-order valence-electron chi connectivity index (χ3n) is 4.44. The predicted octanol–water partition coefficient (Wildman–Crippen LogP) is 2.64. The van der Waals surface area contributed by atoms with Crippen LogP contribution in [0.2, 0.25) is 0 Å². The number of hydrogen-bond acceptors (Lipinski definition) is 3. The third-order valence-corrected chi connectivity index (χ3v) is 5.62. The number of carbonyl (C=O) groups is 2. The van der Waals surface area contributed by atoms with E-state index in [1.165, 1.54) is 4.90 Å². The lowest BCUT2D eigenvalue weighted by molar-refractivity contribution is -0.142. The molecule has 5 heteroatoms. The monoisotopic (exact) mass is 305 g/mol. The molecule has 2 aliphatic rings. The molecule has 1 heterocycles. The summed E-state index contributed by atoms with van der Waals surface area (Å²) in [7, 11) is 0. The van der Waals surface area contributed by atoms with Gasteiger partial charge >= 0.3 is 5.97 Å². The summed E-state index contributed by atoms with van der Waals surface area (Å²) in [5, 5.41) is 12.1. The summed E-state index contributed by atoms with van der Waals surface area (Å²) in [4.78, 5) is 24.6. The van der Waals surface area contributed by atoms with Crippen LogP contribution < -0.4 is 5.32 Å². The minimum absolute atomic E-state index is 0.0663. The highest BCUT2D eigenvalue weighted by atomic mass is 32.2. The first-order valence-corrected chi connectivity index (χ1v) is 8.38. The van der Waals surface area contributed by atoms with Crippen molar-refractivity contribution in [2.24, 2.45) is 5.92 Å². The highest BCUT2D eigenvalue weighted by molar-refractivity contribution is 7.99. The Hall–Kier alpha value is -1.49. The summed E-state index contributed by atoms with van der Waals surface area (Å²) < 4.78 is 0. The van der Waals surface area contributed by atoms with E-state index in [1.54, 1.807) is 11.8 Å². The van der Waals surface area contributed by atoms with Crippen molar-refractivity contribution in [3.05, 3.63) is 29.8 Å². The van der Waals surface area contributed by atoms with Crippen LogP contribution >= 0.6 is 11.8 Å². The smallest absolute Gasteiger partial charge is 0.306 e. The average Bonchev–Trinajstić information content (AvgIpc) is 2.92. The maximum Gasteiger partial charge on any atom is 0.306 e. The molecule has 21 heavy (non-hydrogen) atoms. The Bertz CT molecular complexity index is 552. The van der Waals surface area contributed by atoms with Gasteiger partial charge in [-0.1, -0.05) is 18.2 Å². The molecule has 0 aromatic heterocycles. The SMILES string of the molecule is O=C(O)C1CCC(NC(=O)C2CSc3ccccc32)CC1. The number of amides is 1. The second-order valence-electron chi connectivity index (χ2n) is 5.80. The maximum absolute atomic E-state index is 12.5. The molecular formula is C16H19NO3S. The number of benzene rings is 1. The molecule has 1 aliphatic carbocycles. The number of carboxylic acids is 1. The Labute approximate surface area is 128 Å². The van der Waals surface area contributed by atoms with Crippen LogP contribution in [0.3, 0.4) is 0 Å². The van der Waals surface area contributed by atoms with E-state index < -0.39 is 5.97 Å². The maximum atomic E-state index is 12.5. The second kappa shape index (κ2) is 6.10. The van der Waals surface area contributed by atoms with Crippen molar-refractivity contribution in [2.45, 2.75) is 42.5 Å². The zero-order valence-electron chi connectivity index (χ0n) is 11.7. The van der Waals surface area contributed by atoms with E-state index in [4.69, 9.17) is 5.11 Å². The molecule has 1 saturated carbocycles. The van der Waals surface area contributed by atoms with Crippen LogP contribution in [-0.2, 0) is 9.59 Å². The highest BCUT2D eigenvalue weighted by Gasteiger charge is 2.32. The summed E-state index contributed by atoms with van der Waals surface area (Å²) in [6.45, 7) is 0. The van der Waals surface area contributed by atoms with Crippen molar-refractivity contribution in [1.82, 2.24) is 5.32 Å². The van der Waals surface area contributed by atoms with Crippen LogP contribution in [0.5, 0.6) is 0 Å². The predicted molar refractivity (Wildman–Crippen MR) is 81.4 cm³/mol.